The molecule has 1 heterocycles. The zero-order valence-corrected chi connectivity index (χ0v) is 11.9. The number of rotatable bonds is 5. The van der Waals surface area contributed by atoms with Crippen LogP contribution < -0.4 is 5.32 Å². The zero-order chi connectivity index (χ0) is 14.4. The maximum absolute atomic E-state index is 12.6. The first-order valence-corrected chi connectivity index (χ1v) is 6.98. The van der Waals surface area contributed by atoms with Crippen molar-refractivity contribution in [2.75, 3.05) is 0 Å². The van der Waals surface area contributed by atoms with Gasteiger partial charge in [0, 0.05) is 12.2 Å². The monoisotopic (exact) mass is 268 g/mol. The van der Waals surface area contributed by atoms with E-state index in [1.165, 1.54) is 0 Å². The summed E-state index contributed by atoms with van der Waals surface area (Å²) in [4.78, 5) is 16.9. The molecule has 2 unspecified atom stereocenters. The van der Waals surface area contributed by atoms with Crippen LogP contribution >= 0.6 is 0 Å². The van der Waals surface area contributed by atoms with Crippen LogP contribution in [0.2, 0.25) is 0 Å². The Labute approximate surface area is 120 Å². The maximum atomic E-state index is 12.6. The van der Waals surface area contributed by atoms with Crippen molar-refractivity contribution in [3.8, 4) is 0 Å². The fourth-order valence-corrected chi connectivity index (χ4v) is 2.08. The van der Waals surface area contributed by atoms with Crippen molar-refractivity contribution in [2.24, 2.45) is 0 Å². The average molecular weight is 268 g/mol. The Morgan fingerprint density at radius 1 is 1.15 bits per heavy atom. The van der Waals surface area contributed by atoms with Crippen molar-refractivity contribution in [3.63, 3.8) is 0 Å². The molecule has 1 amide bonds. The Hall–Kier alpha value is -2.16. The molecule has 104 valence electrons. The first-order chi connectivity index (χ1) is 9.72. The van der Waals surface area contributed by atoms with Gasteiger partial charge in [-0.25, -0.2) is 0 Å². The molecule has 1 aromatic carbocycles. The third-order valence-electron chi connectivity index (χ3n) is 3.38. The molecule has 0 bridgehead atoms. The average Bonchev–Trinajstić information content (AvgIpc) is 2.49. The van der Waals surface area contributed by atoms with Crippen molar-refractivity contribution in [3.05, 3.63) is 66.0 Å². The summed E-state index contributed by atoms with van der Waals surface area (Å²) in [5.41, 5.74) is 1.74. The molecule has 0 aliphatic rings. The van der Waals surface area contributed by atoms with Crippen LogP contribution in [0.4, 0.5) is 0 Å². The number of benzene rings is 1. The molecule has 0 fully saturated rings. The first-order valence-electron chi connectivity index (χ1n) is 6.98. The van der Waals surface area contributed by atoms with Gasteiger partial charge in [-0.15, -0.1) is 0 Å². The Morgan fingerprint density at radius 3 is 2.45 bits per heavy atom. The summed E-state index contributed by atoms with van der Waals surface area (Å²) < 4.78 is 0. The number of nitrogens with one attached hydrogen (secondary N) is 1. The Morgan fingerprint density at radius 2 is 1.85 bits per heavy atom. The second kappa shape index (κ2) is 6.85. The largest absolute Gasteiger partial charge is 0.353 e. The molecule has 0 aliphatic carbocycles. The third-order valence-corrected chi connectivity index (χ3v) is 3.38. The maximum Gasteiger partial charge on any atom is 0.233 e. The normalized spacial score (nSPS) is 13.5. The lowest BCUT2D eigenvalue weighted by Gasteiger charge is -2.19. The van der Waals surface area contributed by atoms with E-state index in [-0.39, 0.29) is 17.9 Å². The van der Waals surface area contributed by atoms with Gasteiger partial charge >= 0.3 is 0 Å². The highest BCUT2D eigenvalue weighted by Gasteiger charge is 2.24. The van der Waals surface area contributed by atoms with E-state index in [0.717, 1.165) is 17.7 Å². The van der Waals surface area contributed by atoms with E-state index in [1.807, 2.05) is 55.5 Å². The number of aromatic nitrogens is 1. The number of hydrogen-bond donors (Lipinski definition) is 1. The number of nitrogens with zero attached hydrogens (tertiary/aromatic N) is 1. The lowest BCUT2D eigenvalue weighted by molar-refractivity contribution is -0.122. The quantitative estimate of drug-likeness (QED) is 0.905. The van der Waals surface area contributed by atoms with Gasteiger partial charge in [-0.3, -0.25) is 9.78 Å². The third kappa shape index (κ3) is 3.44. The van der Waals surface area contributed by atoms with Crippen molar-refractivity contribution in [2.45, 2.75) is 32.2 Å². The molecular weight excluding hydrogens is 248 g/mol. The zero-order valence-electron chi connectivity index (χ0n) is 11.9. The van der Waals surface area contributed by atoms with Crippen LogP contribution in [0.5, 0.6) is 0 Å². The van der Waals surface area contributed by atoms with Crippen LogP contribution in [0, 0.1) is 0 Å². The van der Waals surface area contributed by atoms with E-state index in [0.29, 0.717) is 0 Å². The van der Waals surface area contributed by atoms with Gasteiger partial charge in [-0.05, 0) is 31.0 Å². The second-order valence-electron chi connectivity index (χ2n) is 4.92. The van der Waals surface area contributed by atoms with Gasteiger partial charge in [-0.2, -0.15) is 0 Å². The van der Waals surface area contributed by atoms with Crippen LogP contribution in [-0.4, -0.2) is 16.9 Å². The predicted molar refractivity (Wildman–Crippen MR) is 80.4 cm³/mol. The summed E-state index contributed by atoms with van der Waals surface area (Å²) in [5, 5.41) is 3.05. The van der Waals surface area contributed by atoms with E-state index in [1.54, 1.807) is 6.20 Å². The molecule has 3 heteroatoms. The van der Waals surface area contributed by atoms with Gasteiger partial charge in [0.1, 0.15) is 5.92 Å². The molecule has 2 aromatic rings. The molecule has 1 N–H and O–H groups in total. The van der Waals surface area contributed by atoms with E-state index in [2.05, 4.69) is 17.2 Å². The molecule has 2 atom stereocenters. The van der Waals surface area contributed by atoms with E-state index >= 15 is 0 Å². The summed E-state index contributed by atoms with van der Waals surface area (Å²) in [6, 6.07) is 15.6. The van der Waals surface area contributed by atoms with E-state index in [4.69, 9.17) is 0 Å². The summed E-state index contributed by atoms with van der Waals surface area (Å²) in [6.07, 6.45) is 2.64. The molecule has 0 saturated carbocycles. The molecule has 1 aromatic heterocycles. The number of amides is 1. The highest BCUT2D eigenvalue weighted by atomic mass is 16.1. The summed E-state index contributed by atoms with van der Waals surface area (Å²) >= 11 is 0. The highest BCUT2D eigenvalue weighted by molar-refractivity contribution is 5.86. The Bertz CT molecular complexity index is 500. The predicted octanol–water partition coefficient (Wildman–Crippen LogP) is 3.13. The molecule has 2 rings (SSSR count). The Kier molecular flexibility index (Phi) is 4.88. The second-order valence-corrected chi connectivity index (χ2v) is 4.92. The SMILES string of the molecule is CCC(C)NC(=O)C(c1ccccc1)c1ccccn1. The van der Waals surface area contributed by atoms with Gasteiger partial charge in [-0.1, -0.05) is 43.3 Å². The fourth-order valence-electron chi connectivity index (χ4n) is 2.08. The van der Waals surface area contributed by atoms with Gasteiger partial charge < -0.3 is 5.32 Å². The van der Waals surface area contributed by atoms with Crippen molar-refractivity contribution < 1.29 is 4.79 Å². The lowest BCUT2D eigenvalue weighted by atomic mass is 9.94. The van der Waals surface area contributed by atoms with Crippen molar-refractivity contribution in [1.29, 1.82) is 0 Å². The smallest absolute Gasteiger partial charge is 0.233 e. The number of carbonyl (C=O) groups excluding carboxylic acids is 1. The molecule has 0 radical (unpaired) electrons. The molecule has 0 spiro atoms. The molecule has 20 heavy (non-hydrogen) atoms. The first kappa shape index (κ1) is 14.3. The summed E-state index contributed by atoms with van der Waals surface area (Å²) in [6.45, 7) is 4.07. The van der Waals surface area contributed by atoms with E-state index < -0.39 is 0 Å². The van der Waals surface area contributed by atoms with Gasteiger partial charge in [0.05, 0.1) is 5.69 Å². The summed E-state index contributed by atoms with van der Waals surface area (Å²) in [5.74, 6) is -0.351. The standard InChI is InChI=1S/C17H20N2O/c1-3-13(2)19-17(20)16(14-9-5-4-6-10-14)15-11-7-8-12-18-15/h4-13,16H,3H2,1-2H3,(H,19,20). The van der Waals surface area contributed by atoms with Gasteiger partial charge in [0.2, 0.25) is 5.91 Å². The Balaban J connectivity index is 2.33. The topological polar surface area (TPSA) is 42.0 Å². The molecule has 0 saturated heterocycles. The molecule has 0 aliphatic heterocycles. The van der Waals surface area contributed by atoms with Crippen LogP contribution in [0.1, 0.15) is 37.4 Å². The summed E-state index contributed by atoms with van der Waals surface area (Å²) in [7, 11) is 0. The van der Waals surface area contributed by atoms with Crippen LogP contribution in [0.15, 0.2) is 54.7 Å². The van der Waals surface area contributed by atoms with Crippen molar-refractivity contribution >= 4 is 5.91 Å². The minimum Gasteiger partial charge on any atom is -0.353 e. The number of pyridine rings is 1. The number of hydrogen-bond acceptors (Lipinski definition) is 2. The van der Waals surface area contributed by atoms with E-state index in [9.17, 15) is 4.79 Å². The van der Waals surface area contributed by atoms with Crippen molar-refractivity contribution in [1.82, 2.24) is 10.3 Å². The lowest BCUT2D eigenvalue weighted by Crippen LogP contribution is -2.36. The van der Waals surface area contributed by atoms with Crippen LogP contribution in [-0.2, 0) is 4.79 Å². The minimum absolute atomic E-state index is 0.00394. The van der Waals surface area contributed by atoms with Crippen LogP contribution in [0.3, 0.4) is 0 Å². The fraction of sp³-hybridized carbons (Fsp3) is 0.294. The van der Waals surface area contributed by atoms with Crippen LogP contribution in [0.25, 0.3) is 0 Å². The van der Waals surface area contributed by atoms with Gasteiger partial charge in [0.15, 0.2) is 0 Å². The van der Waals surface area contributed by atoms with Gasteiger partial charge in [0.25, 0.3) is 0 Å². The minimum atomic E-state index is -0.355. The number of carbonyl (C=O) groups is 1. The molecular formula is C17H20N2O. The molecule has 3 nitrogen and oxygen atoms in total. The highest BCUT2D eigenvalue weighted by Crippen LogP contribution is 2.23.